The highest BCUT2D eigenvalue weighted by molar-refractivity contribution is 7.10. The quantitative estimate of drug-likeness (QED) is 0.560. The SMILES string of the molecule is CCN(CC)c1ccc(CNC(=NC)NCC(C)c2cccs2)cn1. The summed E-state index contributed by atoms with van der Waals surface area (Å²) in [6.07, 6.45) is 1.93. The van der Waals surface area contributed by atoms with Gasteiger partial charge in [-0.15, -0.1) is 11.3 Å². The van der Waals surface area contributed by atoms with Gasteiger partial charge in [-0.05, 0) is 36.9 Å². The van der Waals surface area contributed by atoms with Crippen molar-refractivity contribution in [2.75, 3.05) is 31.6 Å². The lowest BCUT2D eigenvalue weighted by Gasteiger charge is -2.20. The Morgan fingerprint density at radius 2 is 2.04 bits per heavy atom. The van der Waals surface area contributed by atoms with Crippen LogP contribution in [0.3, 0.4) is 0 Å². The zero-order chi connectivity index (χ0) is 18.1. The van der Waals surface area contributed by atoms with Crippen LogP contribution in [0.5, 0.6) is 0 Å². The van der Waals surface area contributed by atoms with Gasteiger partial charge in [-0.25, -0.2) is 4.98 Å². The Balaban J connectivity index is 1.82. The lowest BCUT2D eigenvalue weighted by atomic mass is 10.1. The zero-order valence-corrected chi connectivity index (χ0v) is 16.4. The molecule has 0 aliphatic rings. The number of aliphatic imine (C=N–C) groups is 1. The third kappa shape index (κ3) is 5.74. The van der Waals surface area contributed by atoms with Gasteiger partial charge in [-0.3, -0.25) is 4.99 Å². The highest BCUT2D eigenvalue weighted by atomic mass is 32.1. The first-order chi connectivity index (χ1) is 12.2. The van der Waals surface area contributed by atoms with Crippen LogP contribution in [0.2, 0.25) is 0 Å². The molecule has 1 unspecified atom stereocenters. The molecule has 0 fully saturated rings. The van der Waals surface area contributed by atoms with Crippen LogP contribution in [0.1, 0.15) is 37.1 Å². The predicted octanol–water partition coefficient (Wildman–Crippen LogP) is 3.46. The molecule has 2 aromatic heterocycles. The molecule has 0 amide bonds. The standard InChI is InChI=1S/C19H29N5S/c1-5-24(6-2)18-10-9-16(13-21-18)14-23-19(20-4)22-12-15(3)17-8-7-11-25-17/h7-11,13,15H,5-6,12,14H2,1-4H3,(H2,20,22,23). The van der Waals surface area contributed by atoms with Gasteiger partial charge in [0.2, 0.25) is 0 Å². The number of thiophene rings is 1. The number of nitrogens with one attached hydrogen (secondary N) is 2. The zero-order valence-electron chi connectivity index (χ0n) is 15.6. The number of nitrogens with zero attached hydrogens (tertiary/aromatic N) is 3. The molecule has 2 rings (SSSR count). The number of hydrogen-bond donors (Lipinski definition) is 2. The van der Waals surface area contributed by atoms with Gasteiger partial charge in [0.1, 0.15) is 5.82 Å². The van der Waals surface area contributed by atoms with E-state index in [2.05, 4.69) is 75.9 Å². The number of guanidine groups is 1. The van der Waals surface area contributed by atoms with E-state index in [1.54, 1.807) is 18.4 Å². The molecule has 0 aromatic carbocycles. The molecule has 2 heterocycles. The molecule has 0 spiro atoms. The lowest BCUT2D eigenvalue weighted by molar-refractivity contribution is 0.708. The fraction of sp³-hybridized carbons (Fsp3) is 0.474. The van der Waals surface area contributed by atoms with Crippen molar-refractivity contribution in [2.24, 2.45) is 4.99 Å². The summed E-state index contributed by atoms with van der Waals surface area (Å²) in [4.78, 5) is 12.5. The predicted molar refractivity (Wildman–Crippen MR) is 109 cm³/mol. The van der Waals surface area contributed by atoms with Crippen LogP contribution in [-0.4, -0.2) is 37.6 Å². The van der Waals surface area contributed by atoms with Crippen LogP contribution < -0.4 is 15.5 Å². The van der Waals surface area contributed by atoms with Crippen molar-refractivity contribution in [2.45, 2.75) is 33.2 Å². The Morgan fingerprint density at radius 3 is 2.60 bits per heavy atom. The van der Waals surface area contributed by atoms with E-state index < -0.39 is 0 Å². The second-order valence-electron chi connectivity index (χ2n) is 5.92. The van der Waals surface area contributed by atoms with E-state index in [1.165, 1.54) is 4.88 Å². The second kappa shape index (κ2) is 10.0. The summed E-state index contributed by atoms with van der Waals surface area (Å²) in [5.74, 6) is 2.31. The van der Waals surface area contributed by atoms with Gasteiger partial charge < -0.3 is 15.5 Å². The summed E-state index contributed by atoms with van der Waals surface area (Å²) in [5, 5.41) is 8.86. The smallest absolute Gasteiger partial charge is 0.191 e. The maximum atomic E-state index is 4.56. The number of hydrogen-bond acceptors (Lipinski definition) is 4. The molecule has 2 N–H and O–H groups in total. The minimum absolute atomic E-state index is 0.466. The van der Waals surface area contributed by atoms with Crippen LogP contribution in [0, 0.1) is 0 Å². The number of pyridine rings is 1. The second-order valence-corrected chi connectivity index (χ2v) is 6.90. The fourth-order valence-corrected chi connectivity index (χ4v) is 3.37. The van der Waals surface area contributed by atoms with Gasteiger partial charge in [0.25, 0.3) is 0 Å². The molecule has 0 aliphatic heterocycles. The molecule has 0 bridgehead atoms. The third-order valence-electron chi connectivity index (χ3n) is 4.18. The van der Waals surface area contributed by atoms with Crippen molar-refractivity contribution in [3.05, 3.63) is 46.3 Å². The van der Waals surface area contributed by atoms with Gasteiger partial charge in [-0.2, -0.15) is 0 Å². The first-order valence-corrected chi connectivity index (χ1v) is 9.73. The van der Waals surface area contributed by atoms with Crippen molar-refractivity contribution in [3.8, 4) is 0 Å². The lowest BCUT2D eigenvalue weighted by Crippen LogP contribution is -2.38. The van der Waals surface area contributed by atoms with E-state index >= 15 is 0 Å². The molecule has 2 aromatic rings. The highest BCUT2D eigenvalue weighted by Crippen LogP contribution is 2.19. The summed E-state index contributed by atoms with van der Waals surface area (Å²) in [7, 11) is 1.80. The van der Waals surface area contributed by atoms with Crippen molar-refractivity contribution in [1.29, 1.82) is 0 Å². The summed E-state index contributed by atoms with van der Waals surface area (Å²) < 4.78 is 0. The van der Waals surface area contributed by atoms with Gasteiger partial charge in [0, 0.05) is 50.2 Å². The largest absolute Gasteiger partial charge is 0.357 e. The Morgan fingerprint density at radius 1 is 1.24 bits per heavy atom. The summed E-state index contributed by atoms with van der Waals surface area (Å²) in [6, 6.07) is 8.48. The van der Waals surface area contributed by atoms with Crippen molar-refractivity contribution >= 4 is 23.1 Å². The van der Waals surface area contributed by atoms with Gasteiger partial charge in [0.05, 0.1) is 0 Å². The van der Waals surface area contributed by atoms with Crippen molar-refractivity contribution in [3.63, 3.8) is 0 Å². The summed E-state index contributed by atoms with van der Waals surface area (Å²) in [5.41, 5.74) is 1.14. The van der Waals surface area contributed by atoms with Crippen LogP contribution in [-0.2, 0) is 6.54 Å². The molecule has 1 atom stereocenters. The van der Waals surface area contributed by atoms with Crippen LogP contribution in [0.15, 0.2) is 40.8 Å². The molecule has 136 valence electrons. The van der Waals surface area contributed by atoms with E-state index in [-0.39, 0.29) is 0 Å². The minimum Gasteiger partial charge on any atom is -0.357 e. The number of anilines is 1. The molecule has 0 radical (unpaired) electrons. The Labute approximate surface area is 155 Å². The highest BCUT2D eigenvalue weighted by Gasteiger charge is 2.08. The Hall–Kier alpha value is -2.08. The maximum Gasteiger partial charge on any atom is 0.191 e. The topological polar surface area (TPSA) is 52.5 Å². The van der Waals surface area contributed by atoms with E-state index in [9.17, 15) is 0 Å². The number of aromatic nitrogens is 1. The molecule has 6 heteroatoms. The maximum absolute atomic E-state index is 4.56. The normalized spacial score (nSPS) is 12.7. The molecule has 0 saturated heterocycles. The summed E-state index contributed by atoms with van der Waals surface area (Å²) in [6.45, 7) is 10.0. The van der Waals surface area contributed by atoms with Crippen LogP contribution >= 0.6 is 11.3 Å². The number of rotatable bonds is 8. The Kier molecular flexibility index (Phi) is 7.73. The Bertz CT molecular complexity index is 632. The third-order valence-corrected chi connectivity index (χ3v) is 5.29. The molecule has 0 aliphatic carbocycles. The summed E-state index contributed by atoms with van der Waals surface area (Å²) >= 11 is 1.80. The van der Waals surface area contributed by atoms with Gasteiger partial charge in [-0.1, -0.05) is 19.1 Å². The molecule has 0 saturated carbocycles. The van der Waals surface area contributed by atoms with E-state index in [4.69, 9.17) is 0 Å². The van der Waals surface area contributed by atoms with Crippen LogP contribution in [0.4, 0.5) is 5.82 Å². The van der Waals surface area contributed by atoms with E-state index in [0.717, 1.165) is 37.0 Å². The average molecular weight is 360 g/mol. The molecule has 5 nitrogen and oxygen atoms in total. The molecule has 25 heavy (non-hydrogen) atoms. The molecular formula is C19H29N5S. The fourth-order valence-electron chi connectivity index (χ4n) is 2.58. The average Bonchev–Trinajstić information content (AvgIpc) is 3.18. The van der Waals surface area contributed by atoms with Crippen molar-refractivity contribution < 1.29 is 0 Å². The van der Waals surface area contributed by atoms with Gasteiger partial charge in [0.15, 0.2) is 5.96 Å². The van der Waals surface area contributed by atoms with Crippen LogP contribution in [0.25, 0.3) is 0 Å². The van der Waals surface area contributed by atoms with Gasteiger partial charge >= 0.3 is 0 Å². The first-order valence-electron chi connectivity index (χ1n) is 8.85. The van der Waals surface area contributed by atoms with Crippen molar-refractivity contribution in [1.82, 2.24) is 15.6 Å². The monoisotopic (exact) mass is 359 g/mol. The van der Waals surface area contributed by atoms with E-state index in [1.807, 2.05) is 6.20 Å². The minimum atomic E-state index is 0.466. The first kappa shape index (κ1) is 19.2. The van der Waals surface area contributed by atoms with E-state index in [0.29, 0.717) is 12.5 Å². The molecular weight excluding hydrogens is 330 g/mol.